The van der Waals surface area contributed by atoms with Crippen molar-refractivity contribution in [2.45, 2.75) is 13.3 Å². The number of benzene rings is 1. The summed E-state index contributed by atoms with van der Waals surface area (Å²) in [7, 11) is 0. The molecule has 0 aliphatic carbocycles. The third kappa shape index (κ3) is 2.65. The summed E-state index contributed by atoms with van der Waals surface area (Å²) in [5, 5.41) is 2.83. The van der Waals surface area contributed by atoms with Crippen LogP contribution in [-0.4, -0.2) is 24.1 Å². The van der Waals surface area contributed by atoms with Crippen molar-refractivity contribution in [3.8, 4) is 0 Å². The number of halogens is 1. The number of rotatable bonds is 4. The zero-order valence-corrected chi connectivity index (χ0v) is 10.6. The molecule has 0 spiro atoms. The molecule has 0 saturated heterocycles. The minimum atomic E-state index is -0.656. The van der Waals surface area contributed by atoms with E-state index >= 15 is 0 Å². The van der Waals surface area contributed by atoms with E-state index in [1.807, 2.05) is 19.1 Å². The predicted octanol–water partition coefficient (Wildman–Crippen LogP) is 1.79. The molecule has 0 fully saturated rings. The average Bonchev–Trinajstić information content (AvgIpc) is 2.45. The van der Waals surface area contributed by atoms with Gasteiger partial charge in [0.2, 0.25) is 5.43 Å². The number of hydrogen-bond donors (Lipinski definition) is 2. The number of aromatic amines is 1. The Labute approximate surface area is 109 Å². The Morgan fingerprint density at radius 2 is 2.21 bits per heavy atom. The Morgan fingerprint density at radius 1 is 1.42 bits per heavy atom. The van der Waals surface area contributed by atoms with Crippen molar-refractivity contribution in [3.05, 3.63) is 45.7 Å². The van der Waals surface area contributed by atoms with Crippen LogP contribution >= 0.6 is 0 Å². The fourth-order valence-electron chi connectivity index (χ4n) is 1.91. The number of nitrogens with one attached hydrogen (secondary N) is 2. The van der Waals surface area contributed by atoms with Crippen LogP contribution in [0.15, 0.2) is 29.2 Å². The van der Waals surface area contributed by atoms with Crippen LogP contribution in [0.4, 0.5) is 4.39 Å². The minimum absolute atomic E-state index is 0.00852. The lowest BCUT2D eigenvalue weighted by atomic mass is 10.1. The van der Waals surface area contributed by atoms with Crippen molar-refractivity contribution in [2.24, 2.45) is 0 Å². The Balaban J connectivity index is 2.50. The molecule has 0 saturated carbocycles. The van der Waals surface area contributed by atoms with Crippen LogP contribution in [0.25, 0.3) is 10.9 Å². The molecule has 0 unspecified atom stereocenters. The van der Waals surface area contributed by atoms with Crippen molar-refractivity contribution in [1.82, 2.24) is 10.3 Å². The van der Waals surface area contributed by atoms with Gasteiger partial charge in [-0.25, -0.2) is 4.39 Å². The lowest BCUT2D eigenvalue weighted by Gasteiger charge is -2.05. The van der Waals surface area contributed by atoms with Crippen molar-refractivity contribution < 1.29 is 9.18 Å². The van der Waals surface area contributed by atoms with E-state index in [0.29, 0.717) is 10.9 Å². The van der Waals surface area contributed by atoms with Crippen LogP contribution in [0.1, 0.15) is 22.8 Å². The average molecular weight is 261 g/mol. The summed E-state index contributed by atoms with van der Waals surface area (Å²) in [5.41, 5.74) is 1.39. The van der Waals surface area contributed by atoms with E-state index in [2.05, 4.69) is 10.3 Å². The van der Waals surface area contributed by atoms with E-state index in [1.165, 1.54) is 6.20 Å². The molecule has 1 heterocycles. The molecule has 0 atom stereocenters. The molecular formula is C14H15FN2O2. The summed E-state index contributed by atoms with van der Waals surface area (Å²) in [6.07, 6.45) is 2.18. The van der Waals surface area contributed by atoms with Crippen LogP contribution in [0.2, 0.25) is 0 Å². The van der Waals surface area contributed by atoms with Gasteiger partial charge >= 0.3 is 0 Å². The molecule has 0 radical (unpaired) electrons. The molecule has 2 N–H and O–H groups in total. The number of carbonyl (C=O) groups excluding carboxylic acids is 1. The second-order valence-electron chi connectivity index (χ2n) is 4.21. The minimum Gasteiger partial charge on any atom is -0.360 e. The fraction of sp³-hybridized carbons (Fsp3) is 0.286. The van der Waals surface area contributed by atoms with Gasteiger partial charge in [0.25, 0.3) is 5.91 Å². The van der Waals surface area contributed by atoms with Gasteiger partial charge in [0.05, 0.1) is 0 Å². The van der Waals surface area contributed by atoms with Gasteiger partial charge in [0.1, 0.15) is 12.2 Å². The molecule has 100 valence electrons. The predicted molar refractivity (Wildman–Crippen MR) is 72.3 cm³/mol. The zero-order chi connectivity index (χ0) is 13.8. The maximum absolute atomic E-state index is 12.2. The first-order valence-corrected chi connectivity index (χ1v) is 6.16. The SMILES string of the molecule is CCc1ccc2[nH]cc(C(=O)NCC[18F])c(=O)c2c1. The number of hydrogen-bond acceptors (Lipinski definition) is 2. The van der Waals surface area contributed by atoms with Gasteiger partial charge in [-0.05, 0) is 24.1 Å². The second kappa shape index (κ2) is 5.65. The number of aromatic nitrogens is 1. The highest BCUT2D eigenvalue weighted by atomic mass is 18.2. The number of alkyl halides is 1. The summed E-state index contributed by atoms with van der Waals surface area (Å²) in [5.74, 6) is -0.553. The van der Waals surface area contributed by atoms with E-state index in [0.717, 1.165) is 12.0 Å². The quantitative estimate of drug-likeness (QED) is 0.881. The largest absolute Gasteiger partial charge is 0.360 e. The molecule has 4 nitrogen and oxygen atoms in total. The van der Waals surface area contributed by atoms with E-state index in [1.54, 1.807) is 6.07 Å². The number of amides is 1. The maximum atomic E-state index is 12.2. The highest BCUT2D eigenvalue weighted by molar-refractivity contribution is 5.97. The molecule has 0 aliphatic rings. The van der Waals surface area contributed by atoms with Crippen molar-refractivity contribution in [2.75, 3.05) is 13.2 Å². The Kier molecular flexibility index (Phi) is 3.94. The normalized spacial score (nSPS) is 10.6. The Morgan fingerprint density at radius 3 is 2.89 bits per heavy atom. The highest BCUT2D eigenvalue weighted by Crippen LogP contribution is 2.11. The molecule has 0 aliphatic heterocycles. The third-order valence-corrected chi connectivity index (χ3v) is 2.98. The molecule has 1 aromatic carbocycles. The van der Waals surface area contributed by atoms with Crippen LogP contribution < -0.4 is 10.7 Å². The van der Waals surface area contributed by atoms with Crippen LogP contribution in [0.3, 0.4) is 0 Å². The molecule has 1 aromatic heterocycles. The number of H-pyrrole nitrogens is 1. The molecular weight excluding hydrogens is 246 g/mol. The molecule has 1 amide bonds. The van der Waals surface area contributed by atoms with Crippen molar-refractivity contribution in [3.63, 3.8) is 0 Å². The molecule has 2 rings (SSSR count). The third-order valence-electron chi connectivity index (χ3n) is 2.98. The maximum Gasteiger partial charge on any atom is 0.256 e. The summed E-state index contributed by atoms with van der Waals surface area (Å²) in [6, 6.07) is 5.53. The number of carbonyl (C=O) groups is 1. The smallest absolute Gasteiger partial charge is 0.256 e. The van der Waals surface area contributed by atoms with Gasteiger partial charge in [-0.2, -0.15) is 0 Å². The lowest BCUT2D eigenvalue weighted by Crippen LogP contribution is -2.30. The molecule has 2 aromatic rings. The van der Waals surface area contributed by atoms with Gasteiger partial charge in [-0.15, -0.1) is 0 Å². The van der Waals surface area contributed by atoms with E-state index in [-0.39, 0.29) is 17.5 Å². The van der Waals surface area contributed by atoms with Crippen LogP contribution in [0, 0.1) is 0 Å². The highest BCUT2D eigenvalue weighted by Gasteiger charge is 2.12. The van der Waals surface area contributed by atoms with Gasteiger partial charge < -0.3 is 10.3 Å². The topological polar surface area (TPSA) is 62.0 Å². The van der Waals surface area contributed by atoms with Gasteiger partial charge in [0.15, 0.2) is 0 Å². The Bertz CT molecular complexity index is 664. The van der Waals surface area contributed by atoms with E-state index in [9.17, 15) is 14.0 Å². The summed E-state index contributed by atoms with van der Waals surface area (Å²) < 4.78 is 12.0. The molecule has 0 bridgehead atoms. The summed E-state index contributed by atoms with van der Waals surface area (Å²) >= 11 is 0. The summed E-state index contributed by atoms with van der Waals surface area (Å²) in [4.78, 5) is 26.9. The fourth-order valence-corrected chi connectivity index (χ4v) is 1.91. The van der Waals surface area contributed by atoms with Gasteiger partial charge in [-0.3, -0.25) is 9.59 Å². The van der Waals surface area contributed by atoms with E-state index < -0.39 is 12.6 Å². The number of aryl methyl sites for hydroxylation is 1. The van der Waals surface area contributed by atoms with Crippen LogP contribution in [0.5, 0.6) is 0 Å². The van der Waals surface area contributed by atoms with E-state index in [4.69, 9.17) is 0 Å². The molecule has 5 heteroatoms. The number of fused-ring (bicyclic) bond motifs is 1. The van der Waals surface area contributed by atoms with Gasteiger partial charge in [-0.1, -0.05) is 13.0 Å². The monoisotopic (exact) mass is 261 g/mol. The Hall–Kier alpha value is -2.17. The lowest BCUT2D eigenvalue weighted by molar-refractivity contribution is 0.0949. The molecule has 19 heavy (non-hydrogen) atoms. The summed E-state index contributed by atoms with van der Waals surface area (Å²) in [6.45, 7) is 1.25. The first-order valence-electron chi connectivity index (χ1n) is 6.16. The van der Waals surface area contributed by atoms with Crippen molar-refractivity contribution in [1.29, 1.82) is 0 Å². The van der Waals surface area contributed by atoms with Crippen LogP contribution in [-0.2, 0) is 6.42 Å². The first-order chi connectivity index (χ1) is 9.17. The van der Waals surface area contributed by atoms with Gasteiger partial charge in [0, 0.05) is 23.6 Å². The second-order valence-corrected chi connectivity index (χ2v) is 4.21. The van der Waals surface area contributed by atoms with Crippen molar-refractivity contribution >= 4 is 16.8 Å². The first kappa shape index (κ1) is 13.3. The zero-order valence-electron chi connectivity index (χ0n) is 10.6. The number of pyridine rings is 1. The standard InChI is InChI=1S/C14H15FN2O2/c1-2-9-3-4-12-10(7-9)13(18)11(8-17-12)14(19)16-6-5-15/h3-4,7-8H,2,5-6H2,1H3,(H,16,19)(H,17,18)/i15-1.